The maximum absolute atomic E-state index is 9.48. The van der Waals surface area contributed by atoms with Gasteiger partial charge in [-0.15, -0.1) is 11.3 Å². The molecule has 4 heteroatoms. The van der Waals surface area contributed by atoms with E-state index in [2.05, 4.69) is 0 Å². The van der Waals surface area contributed by atoms with Gasteiger partial charge in [0.05, 0.1) is 5.39 Å². The fourth-order valence-corrected chi connectivity index (χ4v) is 2.08. The molecule has 0 aliphatic carbocycles. The molecule has 12 heavy (non-hydrogen) atoms. The first-order chi connectivity index (χ1) is 5.70. The van der Waals surface area contributed by atoms with Crippen LogP contribution in [-0.2, 0) is 0 Å². The Morgan fingerprint density at radius 2 is 2.00 bits per heavy atom. The van der Waals surface area contributed by atoms with Crippen molar-refractivity contribution < 1.29 is 5.11 Å². The van der Waals surface area contributed by atoms with Crippen LogP contribution in [0.4, 0.5) is 10.7 Å². The summed E-state index contributed by atoms with van der Waals surface area (Å²) < 4.78 is 0.921. The van der Waals surface area contributed by atoms with Crippen molar-refractivity contribution in [3.05, 3.63) is 18.2 Å². The Hall–Kier alpha value is -1.42. The number of nitrogen functional groups attached to an aromatic ring is 2. The molecule has 2 aromatic rings. The predicted molar refractivity (Wildman–Crippen MR) is 52.3 cm³/mol. The Kier molecular flexibility index (Phi) is 1.38. The van der Waals surface area contributed by atoms with Gasteiger partial charge in [0.15, 0.2) is 5.75 Å². The lowest BCUT2D eigenvalue weighted by Crippen LogP contribution is -1.84. The first kappa shape index (κ1) is 7.24. The zero-order valence-corrected chi connectivity index (χ0v) is 7.06. The Bertz CT molecular complexity index is 436. The molecule has 0 fully saturated rings. The van der Waals surface area contributed by atoms with E-state index >= 15 is 0 Å². The average Bonchev–Trinajstić information content (AvgIpc) is 2.29. The van der Waals surface area contributed by atoms with Crippen molar-refractivity contribution in [2.45, 2.75) is 0 Å². The summed E-state index contributed by atoms with van der Waals surface area (Å²) in [6.45, 7) is 0. The number of hydrogen-bond donors (Lipinski definition) is 3. The number of fused-ring (bicyclic) bond motifs is 1. The Morgan fingerprint density at radius 3 is 2.67 bits per heavy atom. The molecule has 3 nitrogen and oxygen atoms in total. The molecule has 62 valence electrons. The molecule has 0 amide bonds. The van der Waals surface area contributed by atoms with E-state index in [1.165, 1.54) is 11.3 Å². The lowest BCUT2D eigenvalue weighted by Gasteiger charge is -1.95. The average molecular weight is 180 g/mol. The van der Waals surface area contributed by atoms with Crippen LogP contribution in [0.3, 0.4) is 0 Å². The quantitative estimate of drug-likeness (QED) is 0.541. The largest absolute Gasteiger partial charge is 0.504 e. The molecular formula is C8H8N2OS. The van der Waals surface area contributed by atoms with Gasteiger partial charge in [0, 0.05) is 10.4 Å². The summed E-state index contributed by atoms with van der Waals surface area (Å²) in [7, 11) is 0. The summed E-state index contributed by atoms with van der Waals surface area (Å²) in [5.74, 6) is 0.105. The highest BCUT2D eigenvalue weighted by molar-refractivity contribution is 7.23. The minimum atomic E-state index is 0.105. The second-order valence-corrected chi connectivity index (χ2v) is 3.62. The number of rotatable bonds is 0. The summed E-state index contributed by atoms with van der Waals surface area (Å²) in [5.41, 5.74) is 11.8. The second-order valence-electron chi connectivity index (χ2n) is 2.54. The first-order valence-electron chi connectivity index (χ1n) is 3.45. The van der Waals surface area contributed by atoms with Crippen LogP contribution < -0.4 is 11.5 Å². The number of benzene rings is 1. The van der Waals surface area contributed by atoms with Crippen LogP contribution in [0.2, 0.25) is 0 Å². The fourth-order valence-electron chi connectivity index (χ4n) is 1.18. The number of aromatic hydroxyl groups is 1. The predicted octanol–water partition coefficient (Wildman–Crippen LogP) is 1.77. The minimum Gasteiger partial charge on any atom is -0.504 e. The van der Waals surface area contributed by atoms with Crippen molar-refractivity contribution in [3.63, 3.8) is 0 Å². The van der Waals surface area contributed by atoms with Crippen molar-refractivity contribution >= 4 is 32.1 Å². The van der Waals surface area contributed by atoms with Crippen LogP contribution in [0.15, 0.2) is 18.2 Å². The van der Waals surface area contributed by atoms with Crippen LogP contribution in [0.25, 0.3) is 10.1 Å². The summed E-state index contributed by atoms with van der Waals surface area (Å²) in [6.07, 6.45) is 0. The molecular weight excluding hydrogens is 172 g/mol. The third-order valence-electron chi connectivity index (χ3n) is 1.75. The maximum atomic E-state index is 9.48. The van der Waals surface area contributed by atoms with Crippen LogP contribution in [0, 0.1) is 0 Å². The molecule has 0 bridgehead atoms. The number of hydrogen-bond acceptors (Lipinski definition) is 4. The van der Waals surface area contributed by atoms with Crippen LogP contribution in [0.5, 0.6) is 5.75 Å². The van der Waals surface area contributed by atoms with E-state index < -0.39 is 0 Å². The summed E-state index contributed by atoms with van der Waals surface area (Å²) in [6, 6.07) is 5.47. The number of thiophene rings is 1. The van der Waals surface area contributed by atoms with Gasteiger partial charge in [-0.2, -0.15) is 0 Å². The fraction of sp³-hybridized carbons (Fsp3) is 0. The molecule has 2 rings (SSSR count). The highest BCUT2D eigenvalue weighted by Gasteiger charge is 2.09. The van der Waals surface area contributed by atoms with Crippen molar-refractivity contribution in [2.75, 3.05) is 11.5 Å². The highest BCUT2D eigenvalue weighted by Crippen LogP contribution is 2.41. The van der Waals surface area contributed by atoms with Gasteiger partial charge in [0.25, 0.3) is 0 Å². The van der Waals surface area contributed by atoms with Crippen LogP contribution in [0.1, 0.15) is 0 Å². The molecule has 0 aliphatic rings. The first-order valence-corrected chi connectivity index (χ1v) is 4.27. The summed E-state index contributed by atoms with van der Waals surface area (Å²) in [5, 5.41) is 10.6. The summed E-state index contributed by atoms with van der Waals surface area (Å²) >= 11 is 1.34. The van der Waals surface area contributed by atoms with Gasteiger partial charge < -0.3 is 16.6 Å². The van der Waals surface area contributed by atoms with E-state index in [0.717, 1.165) is 4.70 Å². The second kappa shape index (κ2) is 2.28. The molecule has 0 aliphatic heterocycles. The molecule has 1 heterocycles. The van der Waals surface area contributed by atoms with E-state index in [4.69, 9.17) is 11.5 Å². The Morgan fingerprint density at radius 1 is 1.25 bits per heavy atom. The van der Waals surface area contributed by atoms with E-state index in [1.807, 2.05) is 12.1 Å². The van der Waals surface area contributed by atoms with Crippen molar-refractivity contribution in [1.82, 2.24) is 0 Å². The van der Waals surface area contributed by atoms with Gasteiger partial charge in [-0.3, -0.25) is 0 Å². The lowest BCUT2D eigenvalue weighted by atomic mass is 10.2. The van der Waals surface area contributed by atoms with E-state index in [1.54, 1.807) is 6.07 Å². The molecule has 1 aromatic carbocycles. The standard InChI is InChI=1S/C8H8N2OS/c9-4-2-1-3-5-6(4)7(11)8(10)12-5/h1-3,11H,9-10H2. The Labute approximate surface area is 73.2 Å². The molecule has 0 unspecified atom stereocenters. The SMILES string of the molecule is Nc1sc2cccc(N)c2c1O. The van der Waals surface area contributed by atoms with Gasteiger partial charge in [0.1, 0.15) is 5.00 Å². The monoisotopic (exact) mass is 180 g/mol. The van der Waals surface area contributed by atoms with E-state index in [9.17, 15) is 5.11 Å². The molecule has 0 saturated heterocycles. The molecule has 5 N–H and O–H groups in total. The molecule has 0 saturated carbocycles. The number of anilines is 2. The number of nitrogens with two attached hydrogens (primary N) is 2. The highest BCUT2D eigenvalue weighted by atomic mass is 32.1. The van der Waals surface area contributed by atoms with Crippen molar-refractivity contribution in [2.24, 2.45) is 0 Å². The normalized spacial score (nSPS) is 10.7. The van der Waals surface area contributed by atoms with E-state index in [0.29, 0.717) is 16.1 Å². The van der Waals surface area contributed by atoms with Crippen molar-refractivity contribution in [3.8, 4) is 5.75 Å². The topological polar surface area (TPSA) is 72.3 Å². The van der Waals surface area contributed by atoms with Gasteiger partial charge in [-0.1, -0.05) is 6.07 Å². The van der Waals surface area contributed by atoms with Gasteiger partial charge in [-0.05, 0) is 12.1 Å². The van der Waals surface area contributed by atoms with Gasteiger partial charge in [0.2, 0.25) is 0 Å². The minimum absolute atomic E-state index is 0.105. The summed E-state index contributed by atoms with van der Waals surface area (Å²) in [4.78, 5) is 0. The smallest absolute Gasteiger partial charge is 0.159 e. The molecule has 0 spiro atoms. The maximum Gasteiger partial charge on any atom is 0.159 e. The van der Waals surface area contributed by atoms with Gasteiger partial charge in [-0.25, -0.2) is 0 Å². The Balaban J connectivity index is 2.97. The third kappa shape index (κ3) is 0.816. The zero-order valence-electron chi connectivity index (χ0n) is 6.24. The van der Waals surface area contributed by atoms with E-state index in [-0.39, 0.29) is 5.75 Å². The zero-order chi connectivity index (χ0) is 8.72. The molecule has 0 atom stereocenters. The third-order valence-corrected chi connectivity index (χ3v) is 2.72. The van der Waals surface area contributed by atoms with Crippen molar-refractivity contribution in [1.29, 1.82) is 0 Å². The van der Waals surface area contributed by atoms with Crippen LogP contribution >= 0.6 is 11.3 Å². The molecule has 1 aromatic heterocycles. The lowest BCUT2D eigenvalue weighted by molar-refractivity contribution is 0.486. The molecule has 0 radical (unpaired) electrons. The van der Waals surface area contributed by atoms with Crippen LogP contribution in [-0.4, -0.2) is 5.11 Å². The van der Waals surface area contributed by atoms with Gasteiger partial charge >= 0.3 is 0 Å².